The van der Waals surface area contributed by atoms with Crippen molar-refractivity contribution < 1.29 is 19.4 Å². The summed E-state index contributed by atoms with van der Waals surface area (Å²) in [5.74, 6) is -0.620. The Labute approximate surface area is 118 Å². The monoisotopic (exact) mass is 280 g/mol. The first-order chi connectivity index (χ1) is 9.54. The summed E-state index contributed by atoms with van der Waals surface area (Å²) >= 11 is 0. The van der Waals surface area contributed by atoms with E-state index in [4.69, 9.17) is 4.74 Å². The van der Waals surface area contributed by atoms with Crippen LogP contribution in [0.25, 0.3) is 0 Å². The van der Waals surface area contributed by atoms with Gasteiger partial charge in [-0.1, -0.05) is 0 Å². The SMILES string of the molecule is CCOC(=O)CCN(CC(C)O)C(=O)c1cccnc1. The Hall–Kier alpha value is -1.95. The molecule has 0 fully saturated rings. The molecule has 1 atom stereocenters. The molecule has 0 aliphatic heterocycles. The van der Waals surface area contributed by atoms with Gasteiger partial charge in [-0.15, -0.1) is 0 Å². The van der Waals surface area contributed by atoms with Crippen molar-refractivity contribution >= 4 is 11.9 Å². The number of aromatic nitrogens is 1. The molecule has 1 aromatic rings. The standard InChI is InChI=1S/C14H20N2O4/c1-3-20-13(18)6-8-16(10-11(2)17)14(19)12-5-4-7-15-9-12/h4-5,7,9,11,17H,3,6,8,10H2,1-2H3. The molecule has 1 rings (SSSR count). The van der Waals surface area contributed by atoms with Crippen LogP contribution in [0.1, 0.15) is 30.6 Å². The lowest BCUT2D eigenvalue weighted by Gasteiger charge is -2.23. The number of esters is 1. The third kappa shape index (κ3) is 5.36. The normalized spacial score (nSPS) is 11.8. The predicted octanol–water partition coefficient (Wildman–Crippen LogP) is 0.858. The van der Waals surface area contributed by atoms with Gasteiger partial charge in [0.1, 0.15) is 0 Å². The molecule has 0 radical (unpaired) electrons. The Kier molecular flexibility index (Phi) is 6.66. The fourth-order valence-electron chi connectivity index (χ4n) is 1.73. The largest absolute Gasteiger partial charge is 0.466 e. The highest BCUT2D eigenvalue weighted by Crippen LogP contribution is 2.06. The van der Waals surface area contributed by atoms with Gasteiger partial charge < -0.3 is 14.7 Å². The number of aliphatic hydroxyl groups is 1. The molecule has 0 bridgehead atoms. The van der Waals surface area contributed by atoms with E-state index < -0.39 is 6.10 Å². The molecule has 0 aliphatic carbocycles. The van der Waals surface area contributed by atoms with Gasteiger partial charge in [0.25, 0.3) is 5.91 Å². The lowest BCUT2D eigenvalue weighted by molar-refractivity contribution is -0.143. The van der Waals surface area contributed by atoms with Crippen LogP contribution < -0.4 is 0 Å². The summed E-state index contributed by atoms with van der Waals surface area (Å²) < 4.78 is 4.83. The number of hydrogen-bond donors (Lipinski definition) is 1. The predicted molar refractivity (Wildman–Crippen MR) is 73.1 cm³/mol. The molecule has 110 valence electrons. The van der Waals surface area contributed by atoms with Crippen LogP contribution in [-0.4, -0.2) is 52.7 Å². The van der Waals surface area contributed by atoms with Crippen molar-refractivity contribution in [1.82, 2.24) is 9.88 Å². The second kappa shape index (κ2) is 8.27. The zero-order chi connectivity index (χ0) is 15.0. The van der Waals surface area contributed by atoms with Crippen LogP contribution in [0.4, 0.5) is 0 Å². The molecule has 0 spiro atoms. The molecule has 0 saturated carbocycles. The van der Waals surface area contributed by atoms with Crippen LogP contribution in [-0.2, 0) is 9.53 Å². The van der Waals surface area contributed by atoms with Gasteiger partial charge in [-0.25, -0.2) is 0 Å². The van der Waals surface area contributed by atoms with Gasteiger partial charge in [0, 0.05) is 25.5 Å². The van der Waals surface area contributed by atoms with Crippen LogP contribution in [0.5, 0.6) is 0 Å². The van der Waals surface area contributed by atoms with Crippen molar-refractivity contribution in [2.45, 2.75) is 26.4 Å². The summed E-state index contributed by atoms with van der Waals surface area (Å²) in [5.41, 5.74) is 0.428. The fraction of sp³-hybridized carbons (Fsp3) is 0.500. The quantitative estimate of drug-likeness (QED) is 0.749. The maximum absolute atomic E-state index is 12.3. The minimum Gasteiger partial charge on any atom is -0.466 e. The number of aliphatic hydroxyl groups excluding tert-OH is 1. The minimum absolute atomic E-state index is 0.104. The van der Waals surface area contributed by atoms with E-state index >= 15 is 0 Å². The van der Waals surface area contributed by atoms with Crippen molar-refractivity contribution in [2.75, 3.05) is 19.7 Å². The number of nitrogens with zero attached hydrogens (tertiary/aromatic N) is 2. The second-order valence-electron chi connectivity index (χ2n) is 4.40. The van der Waals surface area contributed by atoms with Crippen molar-refractivity contribution in [3.05, 3.63) is 30.1 Å². The van der Waals surface area contributed by atoms with Crippen molar-refractivity contribution in [2.24, 2.45) is 0 Å². The molecule has 20 heavy (non-hydrogen) atoms. The van der Waals surface area contributed by atoms with E-state index in [9.17, 15) is 14.7 Å². The lowest BCUT2D eigenvalue weighted by atomic mass is 10.2. The molecule has 1 amide bonds. The molecule has 1 heterocycles. The third-order valence-corrected chi connectivity index (χ3v) is 2.57. The third-order valence-electron chi connectivity index (χ3n) is 2.57. The van der Waals surface area contributed by atoms with Crippen molar-refractivity contribution in [1.29, 1.82) is 0 Å². The van der Waals surface area contributed by atoms with Gasteiger partial charge >= 0.3 is 5.97 Å². The number of pyridine rings is 1. The molecule has 6 heteroatoms. The summed E-state index contributed by atoms with van der Waals surface area (Å²) in [6.45, 7) is 4.00. The number of rotatable bonds is 7. The molecule has 0 aromatic carbocycles. The summed E-state index contributed by atoms with van der Waals surface area (Å²) in [5, 5.41) is 9.46. The van der Waals surface area contributed by atoms with Crippen LogP contribution in [0.3, 0.4) is 0 Å². The Morgan fingerprint density at radius 3 is 2.80 bits per heavy atom. The second-order valence-corrected chi connectivity index (χ2v) is 4.40. The number of carbonyl (C=O) groups is 2. The Morgan fingerprint density at radius 2 is 2.25 bits per heavy atom. The lowest BCUT2D eigenvalue weighted by Crippen LogP contribution is -2.38. The molecule has 6 nitrogen and oxygen atoms in total. The van der Waals surface area contributed by atoms with Gasteiger partial charge in [-0.05, 0) is 26.0 Å². The van der Waals surface area contributed by atoms with Gasteiger partial charge in [0.05, 0.1) is 24.7 Å². The molecule has 0 aliphatic rings. The molecular weight excluding hydrogens is 260 g/mol. The molecule has 1 aromatic heterocycles. The van der Waals surface area contributed by atoms with E-state index in [0.29, 0.717) is 12.2 Å². The van der Waals surface area contributed by atoms with Crippen molar-refractivity contribution in [3.8, 4) is 0 Å². The number of amides is 1. The van der Waals surface area contributed by atoms with Gasteiger partial charge in [-0.3, -0.25) is 14.6 Å². The summed E-state index contributed by atoms with van der Waals surface area (Å²) in [7, 11) is 0. The molecule has 0 saturated heterocycles. The van der Waals surface area contributed by atoms with Gasteiger partial charge in [0.15, 0.2) is 0 Å². The van der Waals surface area contributed by atoms with Crippen LogP contribution in [0.15, 0.2) is 24.5 Å². The van der Waals surface area contributed by atoms with E-state index in [1.807, 2.05) is 0 Å². The molecule has 1 N–H and O–H groups in total. The Balaban J connectivity index is 2.69. The highest BCUT2D eigenvalue weighted by atomic mass is 16.5. The summed E-state index contributed by atoms with van der Waals surface area (Å²) in [6, 6.07) is 3.31. The van der Waals surface area contributed by atoms with E-state index in [1.54, 1.807) is 32.2 Å². The van der Waals surface area contributed by atoms with E-state index in [1.165, 1.54) is 11.1 Å². The van der Waals surface area contributed by atoms with Gasteiger partial charge in [0.2, 0.25) is 0 Å². The summed E-state index contributed by atoms with van der Waals surface area (Å²) in [6.07, 6.45) is 2.47. The van der Waals surface area contributed by atoms with Crippen LogP contribution in [0, 0.1) is 0 Å². The zero-order valence-electron chi connectivity index (χ0n) is 11.8. The minimum atomic E-state index is -0.669. The van der Waals surface area contributed by atoms with Crippen molar-refractivity contribution in [3.63, 3.8) is 0 Å². The van der Waals surface area contributed by atoms with Crippen LogP contribution >= 0.6 is 0 Å². The fourth-order valence-corrected chi connectivity index (χ4v) is 1.73. The topological polar surface area (TPSA) is 79.7 Å². The highest BCUT2D eigenvalue weighted by Gasteiger charge is 2.18. The average molecular weight is 280 g/mol. The van der Waals surface area contributed by atoms with E-state index in [-0.39, 0.29) is 31.4 Å². The van der Waals surface area contributed by atoms with Gasteiger partial charge in [-0.2, -0.15) is 0 Å². The number of ether oxygens (including phenoxy) is 1. The number of carbonyl (C=O) groups excluding carboxylic acids is 2. The first-order valence-electron chi connectivity index (χ1n) is 6.57. The number of hydrogen-bond acceptors (Lipinski definition) is 5. The average Bonchev–Trinajstić information content (AvgIpc) is 2.43. The molecule has 1 unspecified atom stereocenters. The van der Waals surface area contributed by atoms with E-state index in [2.05, 4.69) is 4.98 Å². The maximum atomic E-state index is 12.3. The first-order valence-corrected chi connectivity index (χ1v) is 6.57. The smallest absolute Gasteiger partial charge is 0.307 e. The van der Waals surface area contributed by atoms with E-state index in [0.717, 1.165) is 0 Å². The zero-order valence-corrected chi connectivity index (χ0v) is 11.8. The van der Waals surface area contributed by atoms with Crippen LogP contribution in [0.2, 0.25) is 0 Å². The summed E-state index contributed by atoms with van der Waals surface area (Å²) in [4.78, 5) is 29.0. The maximum Gasteiger partial charge on any atom is 0.307 e. The Morgan fingerprint density at radius 1 is 1.50 bits per heavy atom. The molecular formula is C14H20N2O4. The first kappa shape index (κ1) is 16.1. The Bertz CT molecular complexity index is 434. The highest BCUT2D eigenvalue weighted by molar-refractivity contribution is 5.94.